The number of hydrogen-bond donors (Lipinski definition) is 2. The van der Waals surface area contributed by atoms with Crippen molar-refractivity contribution in [1.82, 2.24) is 4.98 Å². The molecule has 0 atom stereocenters. The van der Waals surface area contributed by atoms with E-state index in [0.29, 0.717) is 18.2 Å². The molecular formula is C15H18N4O2. The molecule has 21 heavy (non-hydrogen) atoms. The molecule has 2 rings (SSSR count). The summed E-state index contributed by atoms with van der Waals surface area (Å²) in [5.74, 6) is 0.939. The van der Waals surface area contributed by atoms with Crippen molar-refractivity contribution in [3.8, 4) is 0 Å². The Morgan fingerprint density at radius 3 is 2.62 bits per heavy atom. The summed E-state index contributed by atoms with van der Waals surface area (Å²) < 4.78 is 0. The van der Waals surface area contributed by atoms with E-state index < -0.39 is 4.92 Å². The second kappa shape index (κ2) is 6.69. The first kappa shape index (κ1) is 14.8. The maximum absolute atomic E-state index is 11.0. The van der Waals surface area contributed by atoms with E-state index in [1.165, 1.54) is 17.7 Å². The van der Waals surface area contributed by atoms with E-state index in [2.05, 4.69) is 22.5 Å². The molecule has 0 saturated carbocycles. The highest BCUT2D eigenvalue weighted by Gasteiger charge is 2.11. The molecule has 0 saturated heterocycles. The first-order chi connectivity index (χ1) is 10.1. The second-order valence-electron chi connectivity index (χ2n) is 4.56. The van der Waals surface area contributed by atoms with E-state index in [-0.39, 0.29) is 5.69 Å². The van der Waals surface area contributed by atoms with Gasteiger partial charge in [0, 0.05) is 12.2 Å². The van der Waals surface area contributed by atoms with Gasteiger partial charge in [-0.25, -0.2) is 4.98 Å². The fourth-order valence-electron chi connectivity index (χ4n) is 1.97. The summed E-state index contributed by atoms with van der Waals surface area (Å²) in [5, 5.41) is 17.1. The first-order valence-electron chi connectivity index (χ1n) is 6.88. The molecule has 1 heterocycles. The number of pyridine rings is 1. The van der Waals surface area contributed by atoms with Crippen molar-refractivity contribution in [2.45, 2.75) is 20.3 Å². The van der Waals surface area contributed by atoms with Crippen molar-refractivity contribution in [3.05, 3.63) is 52.1 Å². The van der Waals surface area contributed by atoms with E-state index in [9.17, 15) is 10.1 Å². The van der Waals surface area contributed by atoms with E-state index in [1.807, 2.05) is 31.2 Å². The molecule has 0 aliphatic carbocycles. The van der Waals surface area contributed by atoms with Gasteiger partial charge in [-0.15, -0.1) is 0 Å². The molecule has 2 N–H and O–H groups in total. The molecule has 0 bridgehead atoms. The summed E-state index contributed by atoms with van der Waals surface area (Å²) >= 11 is 0. The van der Waals surface area contributed by atoms with Crippen molar-refractivity contribution in [2.24, 2.45) is 0 Å². The van der Waals surface area contributed by atoms with Gasteiger partial charge >= 0.3 is 0 Å². The third-order valence-corrected chi connectivity index (χ3v) is 2.99. The Kier molecular flexibility index (Phi) is 4.71. The quantitative estimate of drug-likeness (QED) is 0.624. The molecule has 0 radical (unpaired) electrons. The average Bonchev–Trinajstić information content (AvgIpc) is 2.47. The van der Waals surface area contributed by atoms with Crippen LogP contribution in [0.5, 0.6) is 0 Å². The molecule has 0 aliphatic heterocycles. The minimum Gasteiger partial charge on any atom is -0.370 e. The number of rotatable bonds is 6. The van der Waals surface area contributed by atoms with Crippen molar-refractivity contribution >= 4 is 23.0 Å². The smallest absolute Gasteiger partial charge is 0.276 e. The zero-order valence-electron chi connectivity index (χ0n) is 12.1. The number of nitrogens with zero attached hydrogens (tertiary/aromatic N) is 2. The number of hydrogen-bond acceptors (Lipinski definition) is 5. The topological polar surface area (TPSA) is 80.1 Å². The van der Waals surface area contributed by atoms with Crippen LogP contribution in [-0.2, 0) is 6.42 Å². The van der Waals surface area contributed by atoms with Gasteiger partial charge in [0.05, 0.1) is 17.1 Å². The van der Waals surface area contributed by atoms with Gasteiger partial charge in [-0.2, -0.15) is 0 Å². The van der Waals surface area contributed by atoms with Crippen LogP contribution in [0.1, 0.15) is 19.4 Å². The fourth-order valence-corrected chi connectivity index (χ4v) is 1.97. The van der Waals surface area contributed by atoms with Crippen LogP contribution >= 0.6 is 0 Å². The standard InChI is InChI=1S/C15H18N4O2/c1-3-11-6-5-7-12(8-11)17-15-10-13(19(20)21)9-14(18-15)16-4-2/h5-10H,3-4H2,1-2H3,(H2,16,17,18). The number of anilines is 3. The average molecular weight is 286 g/mol. The minimum atomic E-state index is -0.420. The Hall–Kier alpha value is -2.63. The normalized spacial score (nSPS) is 10.2. The summed E-state index contributed by atoms with van der Waals surface area (Å²) in [4.78, 5) is 14.9. The zero-order valence-corrected chi connectivity index (χ0v) is 12.1. The lowest BCUT2D eigenvalue weighted by atomic mass is 10.1. The molecule has 1 aromatic heterocycles. The molecule has 0 spiro atoms. The van der Waals surface area contributed by atoms with Crippen LogP contribution in [0.2, 0.25) is 0 Å². The zero-order chi connectivity index (χ0) is 15.2. The maximum Gasteiger partial charge on any atom is 0.276 e. The van der Waals surface area contributed by atoms with Gasteiger partial charge in [0.15, 0.2) is 0 Å². The summed E-state index contributed by atoms with van der Waals surface area (Å²) in [6.07, 6.45) is 0.931. The lowest BCUT2D eigenvalue weighted by Gasteiger charge is -2.09. The third-order valence-electron chi connectivity index (χ3n) is 2.99. The highest BCUT2D eigenvalue weighted by atomic mass is 16.6. The van der Waals surface area contributed by atoms with Gasteiger partial charge in [-0.05, 0) is 31.0 Å². The molecule has 6 nitrogen and oxygen atoms in total. The summed E-state index contributed by atoms with van der Waals surface area (Å²) in [7, 11) is 0. The first-order valence-corrected chi connectivity index (χ1v) is 6.88. The molecule has 1 aromatic carbocycles. The highest BCUT2D eigenvalue weighted by molar-refractivity contribution is 5.62. The number of aromatic nitrogens is 1. The van der Waals surface area contributed by atoms with E-state index >= 15 is 0 Å². The summed E-state index contributed by atoms with van der Waals surface area (Å²) in [5.41, 5.74) is 2.07. The monoisotopic (exact) mass is 286 g/mol. The Bertz CT molecular complexity index is 643. The maximum atomic E-state index is 11.0. The Morgan fingerprint density at radius 2 is 1.95 bits per heavy atom. The molecular weight excluding hydrogens is 268 g/mol. The van der Waals surface area contributed by atoms with E-state index in [1.54, 1.807) is 0 Å². The fraction of sp³-hybridized carbons (Fsp3) is 0.267. The number of aryl methyl sites for hydroxylation is 1. The van der Waals surface area contributed by atoms with Crippen LogP contribution in [-0.4, -0.2) is 16.5 Å². The van der Waals surface area contributed by atoms with Gasteiger partial charge in [-0.3, -0.25) is 10.1 Å². The predicted molar refractivity (Wildman–Crippen MR) is 84.2 cm³/mol. The molecule has 0 unspecified atom stereocenters. The number of benzene rings is 1. The van der Waals surface area contributed by atoms with E-state index in [4.69, 9.17) is 0 Å². The van der Waals surface area contributed by atoms with Gasteiger partial charge in [0.1, 0.15) is 11.6 Å². The second-order valence-corrected chi connectivity index (χ2v) is 4.56. The molecule has 0 fully saturated rings. The predicted octanol–water partition coefficient (Wildman–Crippen LogP) is 3.73. The SMILES string of the molecule is CCNc1cc([N+](=O)[O-])cc(Nc2cccc(CC)c2)n1. The van der Waals surface area contributed by atoms with Crippen LogP contribution in [0.4, 0.5) is 23.0 Å². The lowest BCUT2D eigenvalue weighted by Crippen LogP contribution is -2.03. The highest BCUT2D eigenvalue weighted by Crippen LogP contribution is 2.23. The summed E-state index contributed by atoms with van der Waals surface area (Å²) in [6.45, 7) is 4.64. The van der Waals surface area contributed by atoms with Crippen LogP contribution in [0.15, 0.2) is 36.4 Å². The van der Waals surface area contributed by atoms with Crippen molar-refractivity contribution < 1.29 is 4.92 Å². The Labute approximate surface area is 123 Å². The van der Waals surface area contributed by atoms with Gasteiger partial charge in [0.25, 0.3) is 5.69 Å². The largest absolute Gasteiger partial charge is 0.370 e. The van der Waals surface area contributed by atoms with Crippen molar-refractivity contribution in [3.63, 3.8) is 0 Å². The summed E-state index contributed by atoms with van der Waals surface area (Å²) in [6, 6.07) is 10.8. The number of nitro groups is 1. The van der Waals surface area contributed by atoms with Gasteiger partial charge in [-0.1, -0.05) is 19.1 Å². The molecule has 110 valence electrons. The molecule has 0 amide bonds. The van der Waals surface area contributed by atoms with Gasteiger partial charge < -0.3 is 10.6 Å². The van der Waals surface area contributed by atoms with Crippen LogP contribution in [0.3, 0.4) is 0 Å². The van der Waals surface area contributed by atoms with Crippen LogP contribution in [0, 0.1) is 10.1 Å². The number of nitrogens with one attached hydrogen (secondary N) is 2. The Balaban J connectivity index is 2.31. The van der Waals surface area contributed by atoms with Crippen LogP contribution in [0.25, 0.3) is 0 Å². The van der Waals surface area contributed by atoms with Gasteiger partial charge in [0.2, 0.25) is 0 Å². The van der Waals surface area contributed by atoms with Crippen molar-refractivity contribution in [1.29, 1.82) is 0 Å². The van der Waals surface area contributed by atoms with E-state index in [0.717, 1.165) is 12.1 Å². The lowest BCUT2D eigenvalue weighted by molar-refractivity contribution is -0.384. The third kappa shape index (κ3) is 3.92. The molecule has 0 aliphatic rings. The minimum absolute atomic E-state index is 0.00935. The molecule has 6 heteroatoms. The molecule has 2 aromatic rings. The van der Waals surface area contributed by atoms with Crippen molar-refractivity contribution in [2.75, 3.05) is 17.2 Å². The van der Waals surface area contributed by atoms with Crippen LogP contribution < -0.4 is 10.6 Å². The Morgan fingerprint density at radius 1 is 1.19 bits per heavy atom.